The minimum Gasteiger partial charge on any atom is -0.337 e. The third-order valence-electron chi connectivity index (χ3n) is 5.03. The van der Waals surface area contributed by atoms with Crippen molar-refractivity contribution in [2.24, 2.45) is 0 Å². The van der Waals surface area contributed by atoms with Gasteiger partial charge in [-0.2, -0.15) is 4.31 Å². The van der Waals surface area contributed by atoms with Gasteiger partial charge in [0.15, 0.2) is 9.84 Å². The predicted molar refractivity (Wildman–Crippen MR) is 110 cm³/mol. The van der Waals surface area contributed by atoms with Crippen LogP contribution in [0.2, 0.25) is 0 Å². The summed E-state index contributed by atoms with van der Waals surface area (Å²) >= 11 is 0. The number of carbonyl (C=O) groups is 1. The first-order chi connectivity index (χ1) is 14.1. The molecule has 0 saturated carbocycles. The van der Waals surface area contributed by atoms with Gasteiger partial charge in [0.25, 0.3) is 5.91 Å². The molecule has 0 radical (unpaired) electrons. The van der Waals surface area contributed by atoms with Crippen LogP contribution in [-0.2, 0) is 19.9 Å². The molecule has 162 valence electrons. The Hall–Kier alpha value is -2.30. The zero-order valence-electron chi connectivity index (χ0n) is 16.5. The molecule has 0 atom stereocenters. The van der Waals surface area contributed by atoms with Gasteiger partial charge in [-0.15, -0.1) is 0 Å². The van der Waals surface area contributed by atoms with Crippen molar-refractivity contribution in [3.8, 4) is 0 Å². The van der Waals surface area contributed by atoms with Gasteiger partial charge in [0.1, 0.15) is 5.82 Å². The topological polar surface area (TPSA) is 91.8 Å². The molecule has 0 aromatic heterocycles. The SMILES string of the molecule is CCS(=O)(=O)c1ccc(C(=O)N2CCCN(S(=O)(=O)c3ccc(F)cc3)CC2)cc1. The van der Waals surface area contributed by atoms with Gasteiger partial charge >= 0.3 is 0 Å². The van der Waals surface area contributed by atoms with Crippen LogP contribution in [0.25, 0.3) is 0 Å². The molecular weight excluding hydrogens is 431 g/mol. The van der Waals surface area contributed by atoms with E-state index in [1.807, 2.05) is 0 Å². The van der Waals surface area contributed by atoms with Crippen LogP contribution in [-0.4, -0.2) is 63.9 Å². The Kier molecular flexibility index (Phi) is 6.59. The molecule has 3 rings (SSSR count). The predicted octanol–water partition coefficient (Wildman–Crippen LogP) is 2.16. The van der Waals surface area contributed by atoms with Crippen LogP contribution in [0.1, 0.15) is 23.7 Å². The number of halogens is 1. The number of hydrogen-bond acceptors (Lipinski definition) is 5. The highest BCUT2D eigenvalue weighted by Crippen LogP contribution is 2.19. The van der Waals surface area contributed by atoms with Gasteiger partial charge in [0.05, 0.1) is 15.5 Å². The second kappa shape index (κ2) is 8.83. The molecule has 0 bridgehead atoms. The molecule has 0 unspecified atom stereocenters. The second-order valence-corrected chi connectivity index (χ2v) is 11.1. The molecule has 1 aliphatic heterocycles. The fourth-order valence-corrected chi connectivity index (χ4v) is 5.60. The van der Waals surface area contributed by atoms with Gasteiger partial charge in [-0.3, -0.25) is 4.79 Å². The molecule has 0 N–H and O–H groups in total. The maximum Gasteiger partial charge on any atom is 0.253 e. The lowest BCUT2D eigenvalue weighted by atomic mass is 10.2. The average Bonchev–Trinajstić information content (AvgIpc) is 3.00. The van der Waals surface area contributed by atoms with Crippen molar-refractivity contribution in [1.29, 1.82) is 0 Å². The largest absolute Gasteiger partial charge is 0.337 e. The van der Waals surface area contributed by atoms with Crippen LogP contribution >= 0.6 is 0 Å². The normalized spacial score (nSPS) is 16.3. The third-order valence-corrected chi connectivity index (χ3v) is 8.70. The van der Waals surface area contributed by atoms with Crippen molar-refractivity contribution < 1.29 is 26.0 Å². The monoisotopic (exact) mass is 454 g/mol. The Morgan fingerprint density at radius 1 is 0.867 bits per heavy atom. The molecule has 1 amide bonds. The Morgan fingerprint density at radius 2 is 1.47 bits per heavy atom. The summed E-state index contributed by atoms with van der Waals surface area (Å²) in [4.78, 5) is 14.5. The number of sulfonamides is 1. The van der Waals surface area contributed by atoms with E-state index < -0.39 is 25.7 Å². The highest BCUT2D eigenvalue weighted by molar-refractivity contribution is 7.91. The van der Waals surface area contributed by atoms with E-state index in [-0.39, 0.29) is 41.1 Å². The highest BCUT2D eigenvalue weighted by atomic mass is 32.2. The Morgan fingerprint density at radius 3 is 2.07 bits per heavy atom. The molecule has 0 spiro atoms. The zero-order chi connectivity index (χ0) is 21.9. The molecule has 1 fully saturated rings. The molecule has 2 aromatic rings. The standard InChI is InChI=1S/C20H23FN2O5S2/c1-2-29(25,26)18-8-4-16(5-9-18)20(24)22-12-3-13-23(15-14-22)30(27,28)19-10-6-17(21)7-11-19/h4-11H,2-3,12-15H2,1H3. The number of amides is 1. The number of rotatable bonds is 5. The van der Waals surface area contributed by atoms with E-state index in [1.165, 1.54) is 40.7 Å². The summed E-state index contributed by atoms with van der Waals surface area (Å²) in [6.07, 6.45) is 0.453. The van der Waals surface area contributed by atoms with Gasteiger partial charge in [0.2, 0.25) is 10.0 Å². The molecule has 1 heterocycles. The molecule has 2 aromatic carbocycles. The van der Waals surface area contributed by atoms with E-state index in [4.69, 9.17) is 0 Å². The van der Waals surface area contributed by atoms with E-state index in [2.05, 4.69) is 0 Å². The number of nitrogens with zero attached hydrogens (tertiary/aromatic N) is 2. The van der Waals surface area contributed by atoms with Crippen LogP contribution < -0.4 is 0 Å². The van der Waals surface area contributed by atoms with E-state index in [9.17, 15) is 26.0 Å². The Balaban J connectivity index is 1.72. The number of sulfone groups is 1. The molecule has 1 saturated heterocycles. The first-order valence-corrected chi connectivity index (χ1v) is 12.6. The van der Waals surface area contributed by atoms with Crippen LogP contribution in [0.15, 0.2) is 58.3 Å². The summed E-state index contributed by atoms with van der Waals surface area (Å²) in [6, 6.07) is 10.4. The fraction of sp³-hybridized carbons (Fsp3) is 0.350. The summed E-state index contributed by atoms with van der Waals surface area (Å²) < 4.78 is 63.8. The third kappa shape index (κ3) is 4.71. The maximum absolute atomic E-state index is 13.1. The fourth-order valence-electron chi connectivity index (χ4n) is 3.25. The van der Waals surface area contributed by atoms with Gasteiger partial charge < -0.3 is 4.90 Å². The number of hydrogen-bond donors (Lipinski definition) is 0. The maximum atomic E-state index is 13.1. The van der Waals surface area contributed by atoms with Crippen molar-refractivity contribution >= 4 is 25.8 Å². The van der Waals surface area contributed by atoms with Crippen LogP contribution in [0.3, 0.4) is 0 Å². The van der Waals surface area contributed by atoms with Crippen LogP contribution in [0.4, 0.5) is 4.39 Å². The van der Waals surface area contributed by atoms with Crippen molar-refractivity contribution in [2.75, 3.05) is 31.9 Å². The van der Waals surface area contributed by atoms with E-state index >= 15 is 0 Å². The second-order valence-electron chi connectivity index (χ2n) is 6.93. The van der Waals surface area contributed by atoms with Crippen LogP contribution in [0, 0.1) is 5.82 Å². The minimum absolute atomic E-state index is 0.0106. The molecular formula is C20H23FN2O5S2. The summed E-state index contributed by atoms with van der Waals surface area (Å²) in [5.41, 5.74) is 0.347. The number of carbonyl (C=O) groups excluding carboxylic acids is 1. The minimum atomic E-state index is -3.78. The van der Waals surface area contributed by atoms with Crippen molar-refractivity contribution in [3.63, 3.8) is 0 Å². The lowest BCUT2D eigenvalue weighted by Crippen LogP contribution is -2.37. The molecule has 7 nitrogen and oxygen atoms in total. The molecule has 1 aliphatic rings. The zero-order valence-corrected chi connectivity index (χ0v) is 18.1. The van der Waals surface area contributed by atoms with Crippen molar-refractivity contribution in [3.05, 3.63) is 59.9 Å². The van der Waals surface area contributed by atoms with Gasteiger partial charge in [-0.1, -0.05) is 6.92 Å². The first-order valence-electron chi connectivity index (χ1n) is 9.53. The smallest absolute Gasteiger partial charge is 0.253 e. The summed E-state index contributed by atoms with van der Waals surface area (Å²) in [5, 5.41) is 0. The highest BCUT2D eigenvalue weighted by Gasteiger charge is 2.28. The first kappa shape index (κ1) is 22.4. The van der Waals surface area contributed by atoms with Crippen molar-refractivity contribution in [1.82, 2.24) is 9.21 Å². The van der Waals surface area contributed by atoms with Gasteiger partial charge in [0, 0.05) is 31.7 Å². The molecule has 30 heavy (non-hydrogen) atoms. The van der Waals surface area contributed by atoms with E-state index in [0.29, 0.717) is 18.5 Å². The van der Waals surface area contributed by atoms with E-state index in [1.54, 1.807) is 11.8 Å². The molecule has 10 heteroatoms. The van der Waals surface area contributed by atoms with Crippen molar-refractivity contribution in [2.45, 2.75) is 23.1 Å². The van der Waals surface area contributed by atoms with Gasteiger partial charge in [-0.25, -0.2) is 21.2 Å². The van der Waals surface area contributed by atoms with E-state index in [0.717, 1.165) is 12.1 Å². The lowest BCUT2D eigenvalue weighted by molar-refractivity contribution is 0.0764. The average molecular weight is 455 g/mol. The summed E-state index contributed by atoms with van der Waals surface area (Å²) in [6.45, 7) is 2.50. The number of benzene rings is 2. The summed E-state index contributed by atoms with van der Waals surface area (Å²) in [7, 11) is -7.12. The Bertz CT molecular complexity index is 1110. The quantitative estimate of drug-likeness (QED) is 0.690. The van der Waals surface area contributed by atoms with Crippen LogP contribution in [0.5, 0.6) is 0 Å². The molecule has 0 aliphatic carbocycles. The van der Waals surface area contributed by atoms with Gasteiger partial charge in [-0.05, 0) is 55.0 Å². The Labute approximate surface area is 176 Å². The summed E-state index contributed by atoms with van der Waals surface area (Å²) in [5.74, 6) is -0.819. The lowest BCUT2D eigenvalue weighted by Gasteiger charge is -2.22.